The number of benzene rings is 1. The Kier molecular flexibility index (Phi) is 8.21. The van der Waals surface area contributed by atoms with Crippen LogP contribution in [0.4, 0.5) is 5.69 Å². The van der Waals surface area contributed by atoms with Crippen LogP contribution in [0.15, 0.2) is 18.2 Å². The molecule has 1 aromatic rings. The van der Waals surface area contributed by atoms with Crippen molar-refractivity contribution in [2.75, 3.05) is 18.8 Å². The van der Waals surface area contributed by atoms with Crippen molar-refractivity contribution >= 4 is 23.2 Å². The lowest BCUT2D eigenvalue weighted by atomic mass is 10.1. The van der Waals surface area contributed by atoms with Gasteiger partial charge in [0.15, 0.2) is 0 Å². The van der Waals surface area contributed by atoms with Gasteiger partial charge < -0.3 is 10.6 Å². The first-order valence-corrected chi connectivity index (χ1v) is 8.32. The number of hydrogen-bond donors (Lipinski definition) is 1. The molecule has 118 valence electrons. The monoisotopic (exact) mass is 310 g/mol. The normalized spacial score (nSPS) is 10.6. The number of unbranched alkanes of at least 4 members (excludes halogenated alkanes) is 4. The predicted molar refractivity (Wildman–Crippen MR) is 90.8 cm³/mol. The maximum atomic E-state index is 12.7. The lowest BCUT2D eigenvalue weighted by molar-refractivity contribution is 0.0750. The van der Waals surface area contributed by atoms with Crippen molar-refractivity contribution in [2.24, 2.45) is 0 Å². The molecule has 0 heterocycles. The Balaban J connectivity index is 2.76. The fourth-order valence-electron chi connectivity index (χ4n) is 2.32. The third-order valence-electron chi connectivity index (χ3n) is 3.59. The molecule has 0 aliphatic rings. The van der Waals surface area contributed by atoms with Gasteiger partial charge in [-0.1, -0.05) is 51.1 Å². The van der Waals surface area contributed by atoms with Crippen LogP contribution < -0.4 is 5.73 Å². The Bertz CT molecular complexity index is 438. The quantitative estimate of drug-likeness (QED) is 0.528. The molecule has 0 aliphatic heterocycles. The summed E-state index contributed by atoms with van der Waals surface area (Å²) in [6.07, 6.45) is 6.69. The van der Waals surface area contributed by atoms with Crippen molar-refractivity contribution < 1.29 is 4.79 Å². The van der Waals surface area contributed by atoms with E-state index in [4.69, 9.17) is 17.3 Å². The van der Waals surface area contributed by atoms with Crippen LogP contribution in [0.2, 0.25) is 5.02 Å². The van der Waals surface area contributed by atoms with E-state index in [1.165, 1.54) is 0 Å². The minimum atomic E-state index is 0.0244. The highest BCUT2D eigenvalue weighted by molar-refractivity contribution is 6.31. The maximum absolute atomic E-state index is 12.7. The minimum Gasteiger partial charge on any atom is -0.398 e. The van der Waals surface area contributed by atoms with Crippen LogP contribution in [0.1, 0.15) is 62.7 Å². The van der Waals surface area contributed by atoms with Gasteiger partial charge in [0.05, 0.1) is 5.56 Å². The van der Waals surface area contributed by atoms with Crippen LogP contribution in [0, 0.1) is 0 Å². The molecule has 1 aromatic carbocycles. The molecule has 0 aromatic heterocycles. The SMILES string of the molecule is CCCCCN(CCCCC)C(=O)c1ccc(Cl)cc1N. The van der Waals surface area contributed by atoms with Crippen molar-refractivity contribution in [3.05, 3.63) is 28.8 Å². The Morgan fingerprint density at radius 3 is 2.14 bits per heavy atom. The second kappa shape index (κ2) is 9.67. The van der Waals surface area contributed by atoms with Gasteiger partial charge in [0.25, 0.3) is 5.91 Å². The number of nitrogens with zero attached hydrogens (tertiary/aromatic N) is 1. The minimum absolute atomic E-state index is 0.0244. The van der Waals surface area contributed by atoms with Gasteiger partial charge in [0.2, 0.25) is 0 Å². The van der Waals surface area contributed by atoms with Gasteiger partial charge in [-0.2, -0.15) is 0 Å². The summed E-state index contributed by atoms with van der Waals surface area (Å²) in [6.45, 7) is 5.94. The highest BCUT2D eigenvalue weighted by Crippen LogP contribution is 2.20. The summed E-state index contributed by atoms with van der Waals surface area (Å²) in [6, 6.07) is 5.10. The standard InChI is InChI=1S/C17H27ClN2O/c1-3-5-7-11-20(12-8-6-4-2)17(21)15-10-9-14(18)13-16(15)19/h9-10,13H,3-8,11-12,19H2,1-2H3. The van der Waals surface area contributed by atoms with Crippen molar-refractivity contribution in [1.29, 1.82) is 0 Å². The van der Waals surface area contributed by atoms with Crippen molar-refractivity contribution in [1.82, 2.24) is 4.90 Å². The van der Waals surface area contributed by atoms with Gasteiger partial charge in [-0.15, -0.1) is 0 Å². The molecule has 0 saturated heterocycles. The van der Waals surface area contributed by atoms with Crippen molar-refractivity contribution in [3.8, 4) is 0 Å². The molecule has 0 fully saturated rings. The van der Waals surface area contributed by atoms with Crippen LogP contribution in [-0.2, 0) is 0 Å². The fourth-order valence-corrected chi connectivity index (χ4v) is 2.50. The van der Waals surface area contributed by atoms with E-state index in [2.05, 4.69) is 13.8 Å². The number of halogens is 1. The van der Waals surface area contributed by atoms with Crippen molar-refractivity contribution in [2.45, 2.75) is 52.4 Å². The molecule has 0 radical (unpaired) electrons. The molecule has 0 unspecified atom stereocenters. The van der Waals surface area contributed by atoms with Gasteiger partial charge >= 0.3 is 0 Å². The molecular formula is C17H27ClN2O. The van der Waals surface area contributed by atoms with E-state index in [1.807, 2.05) is 4.90 Å². The average molecular weight is 311 g/mol. The summed E-state index contributed by atoms with van der Waals surface area (Å²) in [4.78, 5) is 14.6. The first kappa shape index (κ1) is 17.8. The summed E-state index contributed by atoms with van der Waals surface area (Å²) in [5.74, 6) is 0.0244. The fraction of sp³-hybridized carbons (Fsp3) is 0.588. The van der Waals surface area contributed by atoms with Gasteiger partial charge in [-0.3, -0.25) is 4.79 Å². The molecule has 0 bridgehead atoms. The number of rotatable bonds is 9. The molecule has 21 heavy (non-hydrogen) atoms. The summed E-state index contributed by atoms with van der Waals surface area (Å²) >= 11 is 5.90. The topological polar surface area (TPSA) is 46.3 Å². The Labute approximate surface area is 133 Å². The summed E-state index contributed by atoms with van der Waals surface area (Å²) in [5.41, 5.74) is 6.96. The van der Waals surface area contributed by atoms with Crippen LogP contribution in [0.5, 0.6) is 0 Å². The zero-order chi connectivity index (χ0) is 15.7. The van der Waals surface area contributed by atoms with Gasteiger partial charge in [-0.25, -0.2) is 0 Å². The lowest BCUT2D eigenvalue weighted by Gasteiger charge is -2.23. The van der Waals surface area contributed by atoms with Gasteiger partial charge in [0.1, 0.15) is 0 Å². The lowest BCUT2D eigenvalue weighted by Crippen LogP contribution is -2.33. The molecule has 1 rings (SSSR count). The molecule has 2 N–H and O–H groups in total. The number of hydrogen-bond acceptors (Lipinski definition) is 2. The molecular weight excluding hydrogens is 284 g/mol. The van der Waals surface area contributed by atoms with E-state index in [1.54, 1.807) is 18.2 Å². The molecule has 0 atom stereocenters. The van der Waals surface area contributed by atoms with E-state index in [0.717, 1.165) is 51.6 Å². The zero-order valence-corrected chi connectivity index (χ0v) is 14.0. The molecule has 0 saturated carbocycles. The number of nitrogen functional groups attached to an aromatic ring is 1. The van der Waals surface area contributed by atoms with Crippen LogP contribution in [0.25, 0.3) is 0 Å². The highest BCUT2D eigenvalue weighted by atomic mass is 35.5. The van der Waals surface area contributed by atoms with E-state index in [0.29, 0.717) is 16.3 Å². The van der Waals surface area contributed by atoms with Gasteiger partial charge in [0, 0.05) is 23.8 Å². The molecule has 4 heteroatoms. The summed E-state index contributed by atoms with van der Waals surface area (Å²) in [5, 5.41) is 0.563. The third kappa shape index (κ3) is 5.96. The molecule has 0 aliphatic carbocycles. The molecule has 1 amide bonds. The number of anilines is 1. The highest BCUT2D eigenvalue weighted by Gasteiger charge is 2.17. The predicted octanol–water partition coefficient (Wildman–Crippen LogP) is 4.74. The molecule has 0 spiro atoms. The number of carbonyl (C=O) groups excluding carboxylic acids is 1. The van der Waals surface area contributed by atoms with Crippen LogP contribution in [-0.4, -0.2) is 23.9 Å². The third-order valence-corrected chi connectivity index (χ3v) is 3.83. The largest absolute Gasteiger partial charge is 0.398 e. The van der Waals surface area contributed by atoms with E-state index in [9.17, 15) is 4.79 Å². The van der Waals surface area contributed by atoms with E-state index < -0.39 is 0 Å². The first-order valence-electron chi connectivity index (χ1n) is 7.94. The number of carbonyl (C=O) groups is 1. The van der Waals surface area contributed by atoms with Crippen LogP contribution >= 0.6 is 11.6 Å². The molecule has 3 nitrogen and oxygen atoms in total. The Morgan fingerprint density at radius 1 is 1.10 bits per heavy atom. The number of nitrogens with two attached hydrogens (primary N) is 1. The van der Waals surface area contributed by atoms with Gasteiger partial charge in [-0.05, 0) is 31.0 Å². The first-order chi connectivity index (χ1) is 10.1. The second-order valence-electron chi connectivity index (χ2n) is 5.44. The Morgan fingerprint density at radius 2 is 1.67 bits per heavy atom. The average Bonchev–Trinajstić information content (AvgIpc) is 2.45. The van der Waals surface area contributed by atoms with E-state index >= 15 is 0 Å². The van der Waals surface area contributed by atoms with Crippen molar-refractivity contribution in [3.63, 3.8) is 0 Å². The Hall–Kier alpha value is -1.22. The summed E-state index contributed by atoms with van der Waals surface area (Å²) < 4.78 is 0. The smallest absolute Gasteiger partial charge is 0.255 e. The number of amides is 1. The summed E-state index contributed by atoms with van der Waals surface area (Å²) in [7, 11) is 0. The second-order valence-corrected chi connectivity index (χ2v) is 5.87. The maximum Gasteiger partial charge on any atom is 0.255 e. The van der Waals surface area contributed by atoms with E-state index in [-0.39, 0.29) is 5.91 Å². The van der Waals surface area contributed by atoms with Crippen LogP contribution in [0.3, 0.4) is 0 Å². The zero-order valence-electron chi connectivity index (χ0n) is 13.2.